The predicted octanol–water partition coefficient (Wildman–Crippen LogP) is 3.73. The van der Waals surface area contributed by atoms with E-state index < -0.39 is 38.7 Å². The number of ketones is 1. The number of aromatic nitrogens is 5. The van der Waals surface area contributed by atoms with Gasteiger partial charge < -0.3 is 0 Å². The summed E-state index contributed by atoms with van der Waals surface area (Å²) in [5, 5.41) is 6.79. The van der Waals surface area contributed by atoms with Gasteiger partial charge in [0.1, 0.15) is 17.2 Å². The number of hydrogen-bond acceptors (Lipinski definition) is 7. The van der Waals surface area contributed by atoms with E-state index in [4.69, 9.17) is 11.6 Å². The molecular weight excluding hydrogens is 478 g/mol. The van der Waals surface area contributed by atoms with Crippen LogP contribution in [0.4, 0.5) is 14.5 Å². The summed E-state index contributed by atoms with van der Waals surface area (Å²) in [6.07, 6.45) is 4.66. The highest BCUT2D eigenvalue weighted by atomic mass is 35.5. The van der Waals surface area contributed by atoms with E-state index in [-0.39, 0.29) is 34.2 Å². The van der Waals surface area contributed by atoms with Crippen molar-refractivity contribution in [3.05, 3.63) is 65.0 Å². The van der Waals surface area contributed by atoms with Crippen molar-refractivity contribution in [2.45, 2.75) is 13.3 Å². The molecule has 13 heteroatoms. The van der Waals surface area contributed by atoms with E-state index in [0.717, 1.165) is 12.1 Å². The van der Waals surface area contributed by atoms with Crippen LogP contribution in [0.2, 0.25) is 5.28 Å². The van der Waals surface area contributed by atoms with E-state index in [0.29, 0.717) is 11.1 Å². The maximum Gasteiger partial charge on any atom is 0.232 e. The number of fused-ring (bicyclic) bond motifs is 1. The molecule has 0 aliphatic heterocycles. The minimum Gasteiger partial charge on any atom is -0.287 e. The number of aromatic amines is 1. The Bertz CT molecular complexity index is 1480. The van der Waals surface area contributed by atoms with Crippen LogP contribution < -0.4 is 4.72 Å². The van der Waals surface area contributed by atoms with E-state index in [1.54, 1.807) is 13.0 Å². The van der Waals surface area contributed by atoms with Gasteiger partial charge in [0.2, 0.25) is 21.1 Å². The SMILES string of the molecule is CCCS(=O)(=O)Nc1c(F)ccc(C(=O)c2[nH]nc3ncc(-c4cnc(Cl)nc4)cc23)c1F. The lowest BCUT2D eigenvalue weighted by Crippen LogP contribution is -2.19. The van der Waals surface area contributed by atoms with Crippen molar-refractivity contribution in [2.75, 3.05) is 10.5 Å². The molecule has 0 saturated carbocycles. The molecule has 33 heavy (non-hydrogen) atoms. The zero-order chi connectivity index (χ0) is 23.8. The number of nitrogens with one attached hydrogen (secondary N) is 2. The number of benzene rings is 1. The molecule has 0 unspecified atom stereocenters. The summed E-state index contributed by atoms with van der Waals surface area (Å²) in [7, 11) is -3.99. The second kappa shape index (κ2) is 8.79. The molecule has 170 valence electrons. The predicted molar refractivity (Wildman–Crippen MR) is 117 cm³/mol. The molecule has 0 fully saturated rings. The Morgan fingerprint density at radius 1 is 1.12 bits per heavy atom. The first-order valence-electron chi connectivity index (χ1n) is 9.55. The Morgan fingerprint density at radius 3 is 2.52 bits per heavy atom. The first-order chi connectivity index (χ1) is 15.7. The molecule has 3 heterocycles. The Hall–Kier alpha value is -3.51. The monoisotopic (exact) mass is 492 g/mol. The molecule has 0 amide bonds. The lowest BCUT2D eigenvalue weighted by atomic mass is 10.0. The van der Waals surface area contributed by atoms with Crippen molar-refractivity contribution < 1.29 is 22.0 Å². The Kier molecular flexibility index (Phi) is 6.04. The number of rotatable bonds is 7. The number of nitrogens with zero attached hydrogens (tertiary/aromatic N) is 4. The molecule has 4 rings (SSSR count). The molecule has 9 nitrogen and oxygen atoms in total. The van der Waals surface area contributed by atoms with Gasteiger partial charge in [0, 0.05) is 29.7 Å². The molecule has 4 aromatic rings. The van der Waals surface area contributed by atoms with E-state index in [2.05, 4.69) is 25.1 Å². The number of sulfonamides is 1. The van der Waals surface area contributed by atoms with Crippen LogP contribution in [-0.4, -0.2) is 45.1 Å². The lowest BCUT2D eigenvalue weighted by Gasteiger charge is -2.11. The van der Waals surface area contributed by atoms with Crippen LogP contribution in [0.1, 0.15) is 29.4 Å². The molecule has 2 N–H and O–H groups in total. The second-order valence-corrected chi connectivity index (χ2v) is 9.15. The molecule has 3 aromatic heterocycles. The maximum absolute atomic E-state index is 15.1. The number of H-pyrrole nitrogens is 1. The summed E-state index contributed by atoms with van der Waals surface area (Å²) in [6, 6.07) is 3.33. The molecule has 0 saturated heterocycles. The fraction of sp³-hybridized carbons (Fsp3) is 0.150. The molecular formula is C20H15ClF2N6O3S. The number of carbonyl (C=O) groups is 1. The van der Waals surface area contributed by atoms with Crippen LogP contribution in [0.15, 0.2) is 36.8 Å². The number of halogens is 3. The van der Waals surface area contributed by atoms with Gasteiger partial charge in [-0.2, -0.15) is 5.10 Å². The Morgan fingerprint density at radius 2 is 1.82 bits per heavy atom. The normalized spacial score (nSPS) is 11.6. The lowest BCUT2D eigenvalue weighted by molar-refractivity contribution is 0.103. The first-order valence-corrected chi connectivity index (χ1v) is 11.6. The summed E-state index contributed by atoms with van der Waals surface area (Å²) in [5.74, 6) is -3.68. The van der Waals surface area contributed by atoms with Gasteiger partial charge in [0.25, 0.3) is 0 Å². The van der Waals surface area contributed by atoms with Crippen LogP contribution in [0, 0.1) is 11.6 Å². The van der Waals surface area contributed by atoms with Crippen LogP contribution in [0.3, 0.4) is 0 Å². The van der Waals surface area contributed by atoms with Gasteiger partial charge in [-0.25, -0.2) is 32.2 Å². The third-order valence-electron chi connectivity index (χ3n) is 4.66. The standard InChI is InChI=1S/C20H15ClF2N6O3S/c1-2-5-33(31,32)29-17-14(22)4-3-12(15(17)23)18(30)16-13-6-10(7-24-19(13)28-27-16)11-8-25-20(21)26-9-11/h3-4,6-9,29H,2,5H2,1H3,(H,24,27,28). The minimum absolute atomic E-state index is 0.0594. The zero-order valence-corrected chi connectivity index (χ0v) is 18.5. The molecule has 0 aliphatic rings. The smallest absolute Gasteiger partial charge is 0.232 e. The zero-order valence-electron chi connectivity index (χ0n) is 16.9. The van der Waals surface area contributed by atoms with E-state index in [1.165, 1.54) is 18.6 Å². The topological polar surface area (TPSA) is 131 Å². The van der Waals surface area contributed by atoms with Gasteiger partial charge in [-0.05, 0) is 36.2 Å². The Balaban J connectivity index is 1.77. The van der Waals surface area contributed by atoms with Gasteiger partial charge in [-0.1, -0.05) is 6.92 Å². The summed E-state index contributed by atoms with van der Waals surface area (Å²) in [6.45, 7) is 1.60. The highest BCUT2D eigenvalue weighted by Crippen LogP contribution is 2.28. The minimum atomic E-state index is -3.99. The number of hydrogen-bond donors (Lipinski definition) is 2. The second-order valence-electron chi connectivity index (χ2n) is 6.97. The first kappa shape index (κ1) is 22.7. The largest absolute Gasteiger partial charge is 0.287 e. The Labute approximate surface area is 191 Å². The maximum atomic E-state index is 15.1. The van der Waals surface area contributed by atoms with Crippen molar-refractivity contribution in [1.82, 2.24) is 25.1 Å². The van der Waals surface area contributed by atoms with Gasteiger partial charge >= 0.3 is 0 Å². The number of carbonyl (C=O) groups excluding carboxylic acids is 1. The molecule has 0 radical (unpaired) electrons. The highest BCUT2D eigenvalue weighted by molar-refractivity contribution is 7.92. The van der Waals surface area contributed by atoms with Gasteiger partial charge in [-0.3, -0.25) is 14.6 Å². The average molecular weight is 493 g/mol. The molecule has 0 spiro atoms. The summed E-state index contributed by atoms with van der Waals surface area (Å²) in [5.41, 5.74) is -0.284. The summed E-state index contributed by atoms with van der Waals surface area (Å²) >= 11 is 5.71. The van der Waals surface area contributed by atoms with Crippen molar-refractivity contribution >= 4 is 44.1 Å². The van der Waals surface area contributed by atoms with Crippen molar-refractivity contribution in [2.24, 2.45) is 0 Å². The van der Waals surface area contributed by atoms with Crippen LogP contribution in [-0.2, 0) is 10.0 Å². The van der Waals surface area contributed by atoms with Crippen LogP contribution >= 0.6 is 11.6 Å². The molecule has 0 aliphatic carbocycles. The van der Waals surface area contributed by atoms with E-state index >= 15 is 4.39 Å². The van der Waals surface area contributed by atoms with Crippen LogP contribution in [0.5, 0.6) is 0 Å². The summed E-state index contributed by atoms with van der Waals surface area (Å²) in [4.78, 5) is 25.1. The van der Waals surface area contributed by atoms with E-state index in [9.17, 15) is 17.6 Å². The number of anilines is 1. The van der Waals surface area contributed by atoms with Crippen molar-refractivity contribution in [3.8, 4) is 11.1 Å². The fourth-order valence-electron chi connectivity index (χ4n) is 3.12. The van der Waals surface area contributed by atoms with Crippen molar-refractivity contribution in [1.29, 1.82) is 0 Å². The average Bonchev–Trinajstić information content (AvgIpc) is 3.20. The molecule has 0 bridgehead atoms. The van der Waals surface area contributed by atoms with Gasteiger partial charge in [-0.15, -0.1) is 0 Å². The highest BCUT2D eigenvalue weighted by Gasteiger charge is 2.25. The van der Waals surface area contributed by atoms with Crippen LogP contribution in [0.25, 0.3) is 22.2 Å². The van der Waals surface area contributed by atoms with Gasteiger partial charge in [0.15, 0.2) is 11.5 Å². The van der Waals surface area contributed by atoms with Crippen molar-refractivity contribution in [3.63, 3.8) is 0 Å². The number of pyridine rings is 1. The quantitative estimate of drug-likeness (QED) is 0.297. The fourth-order valence-corrected chi connectivity index (χ4v) is 4.36. The summed E-state index contributed by atoms with van der Waals surface area (Å²) < 4.78 is 55.2. The van der Waals surface area contributed by atoms with Gasteiger partial charge in [0.05, 0.1) is 16.7 Å². The third kappa shape index (κ3) is 4.52. The molecule has 0 atom stereocenters. The third-order valence-corrected chi connectivity index (χ3v) is 6.31. The molecule has 1 aromatic carbocycles. The van der Waals surface area contributed by atoms with E-state index in [1.807, 2.05) is 4.72 Å².